The number of carbonyl (C=O) groups is 2. The molecule has 0 atom stereocenters. The third kappa shape index (κ3) is 3.38. The molecule has 0 spiro atoms. The summed E-state index contributed by atoms with van der Waals surface area (Å²) in [7, 11) is 1.78. The highest BCUT2D eigenvalue weighted by Gasteiger charge is 2.24. The number of aryl methyl sites for hydroxylation is 1. The molecule has 0 bridgehead atoms. The van der Waals surface area contributed by atoms with Crippen LogP contribution in [-0.4, -0.2) is 40.0 Å². The molecule has 0 saturated heterocycles. The van der Waals surface area contributed by atoms with Crippen LogP contribution < -0.4 is 0 Å². The van der Waals surface area contributed by atoms with Crippen LogP contribution in [0.2, 0.25) is 0 Å². The molecule has 0 aliphatic heterocycles. The van der Waals surface area contributed by atoms with E-state index in [4.69, 9.17) is 0 Å². The topological polar surface area (TPSA) is 62.5 Å². The lowest BCUT2D eigenvalue weighted by molar-refractivity contribution is -0.129. The summed E-state index contributed by atoms with van der Waals surface area (Å²) in [5.74, 6) is -1.03. The number of aromatic nitrogens is 1. The second-order valence-corrected chi connectivity index (χ2v) is 5.74. The predicted octanol–water partition coefficient (Wildman–Crippen LogP) is 3.16. The first-order chi connectivity index (χ1) is 11.0. The number of benzene rings is 1. The van der Waals surface area contributed by atoms with Gasteiger partial charge in [-0.3, -0.25) is 4.79 Å². The molecule has 0 aliphatic rings. The fourth-order valence-corrected chi connectivity index (χ4v) is 2.93. The van der Waals surface area contributed by atoms with Crippen LogP contribution in [-0.2, 0) is 17.8 Å². The average Bonchev–Trinajstić information content (AvgIpc) is 2.86. The molecule has 23 heavy (non-hydrogen) atoms. The summed E-state index contributed by atoms with van der Waals surface area (Å²) in [6.45, 7) is 5.25. The van der Waals surface area contributed by atoms with E-state index in [9.17, 15) is 14.7 Å². The lowest BCUT2D eigenvalue weighted by Crippen LogP contribution is -2.29. The van der Waals surface area contributed by atoms with Gasteiger partial charge in [-0.05, 0) is 19.4 Å². The summed E-state index contributed by atoms with van der Waals surface area (Å²) >= 11 is 0. The van der Waals surface area contributed by atoms with Gasteiger partial charge in [0.05, 0.1) is 6.42 Å². The highest BCUT2D eigenvalue weighted by molar-refractivity contribution is 6.00. The first-order valence-corrected chi connectivity index (χ1v) is 8.08. The normalized spacial score (nSPS) is 10.9. The zero-order chi connectivity index (χ0) is 17.0. The van der Waals surface area contributed by atoms with E-state index in [1.165, 1.54) is 0 Å². The molecule has 0 unspecified atom stereocenters. The number of carbonyl (C=O) groups excluding carboxylic acids is 1. The van der Waals surface area contributed by atoms with Crippen LogP contribution in [0, 0.1) is 0 Å². The smallest absolute Gasteiger partial charge is 0.352 e. The average molecular weight is 316 g/mol. The van der Waals surface area contributed by atoms with Crippen molar-refractivity contribution in [3.05, 3.63) is 35.5 Å². The summed E-state index contributed by atoms with van der Waals surface area (Å²) in [6, 6.07) is 7.56. The van der Waals surface area contributed by atoms with E-state index in [0.29, 0.717) is 18.7 Å². The van der Waals surface area contributed by atoms with Crippen molar-refractivity contribution in [1.29, 1.82) is 0 Å². The minimum atomic E-state index is -0.984. The second kappa shape index (κ2) is 7.31. The maximum Gasteiger partial charge on any atom is 0.352 e. The molecule has 1 heterocycles. The highest BCUT2D eigenvalue weighted by Crippen LogP contribution is 2.27. The molecule has 5 nitrogen and oxygen atoms in total. The number of hydrogen-bond acceptors (Lipinski definition) is 2. The first-order valence-electron chi connectivity index (χ1n) is 8.08. The molecular formula is C18H24N2O3. The fourth-order valence-electron chi connectivity index (χ4n) is 2.93. The molecule has 5 heteroatoms. The van der Waals surface area contributed by atoms with Gasteiger partial charge in [0.1, 0.15) is 5.69 Å². The van der Waals surface area contributed by atoms with Crippen LogP contribution >= 0.6 is 0 Å². The van der Waals surface area contributed by atoms with E-state index in [1.54, 1.807) is 16.5 Å². The van der Waals surface area contributed by atoms with Gasteiger partial charge < -0.3 is 14.6 Å². The van der Waals surface area contributed by atoms with Gasteiger partial charge in [-0.15, -0.1) is 0 Å². The summed E-state index contributed by atoms with van der Waals surface area (Å²) in [6.07, 6.45) is 2.09. The van der Waals surface area contributed by atoms with E-state index < -0.39 is 5.97 Å². The molecule has 0 saturated carbocycles. The standard InChI is InChI=1S/C18H24N2O3/c1-4-6-11-19(3)16(21)12-14-13-9-7-8-10-15(13)20(5-2)17(14)18(22)23/h7-10H,4-6,11-12H2,1-3H3,(H,22,23). The number of unbranched alkanes of at least 4 members (excludes halogenated alkanes) is 1. The van der Waals surface area contributed by atoms with Crippen LogP contribution in [0.5, 0.6) is 0 Å². The van der Waals surface area contributed by atoms with Gasteiger partial charge in [0, 0.05) is 36.6 Å². The van der Waals surface area contributed by atoms with E-state index in [2.05, 4.69) is 6.92 Å². The molecule has 0 aliphatic carbocycles. The number of likely N-dealkylation sites (N-methyl/N-ethyl adjacent to an activating group) is 1. The van der Waals surface area contributed by atoms with Gasteiger partial charge in [0.2, 0.25) is 5.91 Å². The maximum atomic E-state index is 12.5. The van der Waals surface area contributed by atoms with Crippen molar-refractivity contribution < 1.29 is 14.7 Å². The molecule has 124 valence electrons. The van der Waals surface area contributed by atoms with Crippen LogP contribution in [0.15, 0.2) is 24.3 Å². The van der Waals surface area contributed by atoms with Gasteiger partial charge in [-0.2, -0.15) is 0 Å². The largest absolute Gasteiger partial charge is 0.477 e. The Bertz CT molecular complexity index is 718. The van der Waals surface area contributed by atoms with Crippen molar-refractivity contribution in [3.8, 4) is 0 Å². The van der Waals surface area contributed by atoms with Gasteiger partial charge in [-0.25, -0.2) is 4.79 Å². The summed E-state index contributed by atoms with van der Waals surface area (Å²) in [5.41, 5.74) is 1.71. The third-order valence-electron chi connectivity index (χ3n) is 4.20. The quantitative estimate of drug-likeness (QED) is 0.853. The molecule has 2 aromatic rings. The monoisotopic (exact) mass is 316 g/mol. The Kier molecular flexibility index (Phi) is 5.42. The molecule has 2 rings (SSSR count). The SMILES string of the molecule is CCCCN(C)C(=O)Cc1c(C(=O)O)n(CC)c2ccccc12. The minimum absolute atomic E-state index is 0.0417. The number of rotatable bonds is 7. The van der Waals surface area contributed by atoms with Crippen molar-refractivity contribution >= 4 is 22.8 Å². The number of amides is 1. The summed E-state index contributed by atoms with van der Waals surface area (Å²) in [4.78, 5) is 25.9. The van der Waals surface area contributed by atoms with E-state index >= 15 is 0 Å². The van der Waals surface area contributed by atoms with E-state index in [-0.39, 0.29) is 18.0 Å². The molecule has 1 N–H and O–H groups in total. The number of para-hydroxylation sites is 1. The van der Waals surface area contributed by atoms with Gasteiger partial charge in [0.25, 0.3) is 0 Å². The molecule has 1 aromatic heterocycles. The molecule has 0 fully saturated rings. The summed E-state index contributed by atoms with van der Waals surface area (Å²) < 4.78 is 1.77. The summed E-state index contributed by atoms with van der Waals surface area (Å²) in [5, 5.41) is 10.5. The Balaban J connectivity index is 2.45. The Labute approximate surface area is 136 Å². The Morgan fingerprint density at radius 3 is 2.52 bits per heavy atom. The zero-order valence-corrected chi connectivity index (χ0v) is 14.0. The number of fused-ring (bicyclic) bond motifs is 1. The van der Waals surface area contributed by atoms with Gasteiger partial charge in [0.15, 0.2) is 0 Å². The highest BCUT2D eigenvalue weighted by atomic mass is 16.4. The van der Waals surface area contributed by atoms with Gasteiger partial charge in [-0.1, -0.05) is 31.5 Å². The lowest BCUT2D eigenvalue weighted by atomic mass is 10.1. The third-order valence-corrected chi connectivity index (χ3v) is 4.20. The van der Waals surface area contributed by atoms with Gasteiger partial charge >= 0.3 is 5.97 Å². The molecule has 1 aromatic carbocycles. The fraction of sp³-hybridized carbons (Fsp3) is 0.444. The molecular weight excluding hydrogens is 292 g/mol. The van der Waals surface area contributed by atoms with Crippen LogP contribution in [0.3, 0.4) is 0 Å². The second-order valence-electron chi connectivity index (χ2n) is 5.74. The van der Waals surface area contributed by atoms with Crippen molar-refractivity contribution in [1.82, 2.24) is 9.47 Å². The Hall–Kier alpha value is -2.30. The number of aromatic carboxylic acids is 1. The number of hydrogen-bond donors (Lipinski definition) is 1. The van der Waals surface area contributed by atoms with Crippen LogP contribution in [0.25, 0.3) is 10.9 Å². The molecule has 1 amide bonds. The van der Waals surface area contributed by atoms with E-state index in [0.717, 1.165) is 23.7 Å². The predicted molar refractivity (Wildman–Crippen MR) is 90.8 cm³/mol. The number of nitrogens with zero attached hydrogens (tertiary/aromatic N) is 2. The Morgan fingerprint density at radius 1 is 1.22 bits per heavy atom. The van der Waals surface area contributed by atoms with Crippen LogP contribution in [0.4, 0.5) is 0 Å². The van der Waals surface area contributed by atoms with Crippen LogP contribution in [0.1, 0.15) is 42.7 Å². The lowest BCUT2D eigenvalue weighted by Gasteiger charge is -2.17. The van der Waals surface area contributed by atoms with E-state index in [1.807, 2.05) is 31.2 Å². The first kappa shape index (κ1) is 17.1. The van der Waals surface area contributed by atoms with Crippen molar-refractivity contribution in [2.75, 3.05) is 13.6 Å². The Morgan fingerprint density at radius 2 is 1.91 bits per heavy atom. The number of carboxylic acid groups (broad SMARTS) is 1. The minimum Gasteiger partial charge on any atom is -0.477 e. The molecule has 0 radical (unpaired) electrons. The maximum absolute atomic E-state index is 12.5. The van der Waals surface area contributed by atoms with Crippen molar-refractivity contribution in [2.24, 2.45) is 0 Å². The number of carboxylic acids is 1. The van der Waals surface area contributed by atoms with Crippen molar-refractivity contribution in [2.45, 2.75) is 39.7 Å². The zero-order valence-electron chi connectivity index (χ0n) is 14.0. The van der Waals surface area contributed by atoms with Crippen molar-refractivity contribution in [3.63, 3.8) is 0 Å².